The molecule has 0 bridgehead atoms. The molecular formula is C16H25N5O6. The monoisotopic (exact) mass is 383 g/mol. The van der Waals surface area contributed by atoms with Gasteiger partial charge in [-0.25, -0.2) is 20.4 Å². The fourth-order valence-electron chi connectivity index (χ4n) is 3.09. The Labute approximate surface area is 155 Å². The second-order valence-electron chi connectivity index (χ2n) is 6.59. The first-order valence-corrected chi connectivity index (χ1v) is 8.79. The number of anilines is 1. The van der Waals surface area contributed by atoms with Crippen molar-refractivity contribution in [1.29, 1.82) is 0 Å². The molecule has 1 saturated heterocycles. The topological polar surface area (TPSA) is 155 Å². The molecule has 2 aromatic rings. The number of rotatable bonds is 8. The molecule has 5 atom stereocenters. The number of aliphatic hydroxyl groups is 4. The molecule has 0 aliphatic carbocycles. The Balaban J connectivity index is 1.95. The van der Waals surface area contributed by atoms with Crippen LogP contribution in [0.1, 0.15) is 31.8 Å². The van der Waals surface area contributed by atoms with Gasteiger partial charge in [-0.3, -0.25) is 9.40 Å². The van der Waals surface area contributed by atoms with Crippen molar-refractivity contribution in [1.82, 2.24) is 19.5 Å². The van der Waals surface area contributed by atoms with Gasteiger partial charge in [-0.1, -0.05) is 0 Å². The summed E-state index contributed by atoms with van der Waals surface area (Å²) in [7, 11) is 1.45. The van der Waals surface area contributed by atoms with Gasteiger partial charge >= 0.3 is 0 Å². The van der Waals surface area contributed by atoms with Gasteiger partial charge in [-0.15, -0.1) is 0 Å². The minimum Gasteiger partial charge on any atom is -0.394 e. The molecule has 3 rings (SSSR count). The van der Waals surface area contributed by atoms with Crippen molar-refractivity contribution < 1.29 is 30.0 Å². The molecule has 1 fully saturated rings. The third kappa shape index (κ3) is 4.03. The number of ether oxygens (including phenoxy) is 1. The van der Waals surface area contributed by atoms with Crippen molar-refractivity contribution in [3.63, 3.8) is 0 Å². The van der Waals surface area contributed by atoms with Crippen molar-refractivity contribution in [2.24, 2.45) is 0 Å². The molecular weight excluding hydrogens is 358 g/mol. The van der Waals surface area contributed by atoms with Gasteiger partial charge in [0.25, 0.3) is 0 Å². The van der Waals surface area contributed by atoms with Crippen LogP contribution in [0.2, 0.25) is 0 Å². The molecule has 150 valence electrons. The molecule has 1 aliphatic heterocycles. The largest absolute Gasteiger partial charge is 0.394 e. The molecule has 0 radical (unpaired) electrons. The number of aryl methyl sites for hydroxylation is 1. The Morgan fingerprint density at radius 1 is 1.33 bits per heavy atom. The minimum absolute atomic E-state index is 0.361. The third-order valence-corrected chi connectivity index (χ3v) is 4.48. The molecule has 1 aliphatic rings. The molecule has 1 unspecified atom stereocenters. The summed E-state index contributed by atoms with van der Waals surface area (Å²) in [5.74, 6) is 0.872. The summed E-state index contributed by atoms with van der Waals surface area (Å²) >= 11 is 0. The van der Waals surface area contributed by atoms with Gasteiger partial charge in [-0.05, 0) is 19.8 Å². The lowest BCUT2D eigenvalue weighted by Gasteiger charge is -2.17. The van der Waals surface area contributed by atoms with E-state index in [4.69, 9.17) is 9.57 Å². The maximum absolute atomic E-state index is 10.3. The van der Waals surface area contributed by atoms with Gasteiger partial charge in [-0.2, -0.15) is 0 Å². The zero-order valence-electron chi connectivity index (χ0n) is 15.2. The Bertz CT molecular complexity index is 769. The maximum atomic E-state index is 10.3. The van der Waals surface area contributed by atoms with E-state index in [9.17, 15) is 20.4 Å². The molecule has 11 heteroatoms. The zero-order chi connectivity index (χ0) is 19.6. The number of hydrogen-bond acceptors (Lipinski definition) is 10. The van der Waals surface area contributed by atoms with Crippen LogP contribution in [0.4, 0.5) is 5.82 Å². The average molecular weight is 383 g/mol. The van der Waals surface area contributed by atoms with E-state index in [-0.39, 0.29) is 0 Å². The second-order valence-corrected chi connectivity index (χ2v) is 6.59. The van der Waals surface area contributed by atoms with E-state index in [1.807, 2.05) is 0 Å². The van der Waals surface area contributed by atoms with Gasteiger partial charge in [0.1, 0.15) is 24.1 Å². The maximum Gasteiger partial charge on any atom is 0.181 e. The highest BCUT2D eigenvalue weighted by Gasteiger charge is 2.44. The van der Waals surface area contributed by atoms with Crippen LogP contribution >= 0.6 is 0 Å². The smallest absolute Gasteiger partial charge is 0.181 e. The van der Waals surface area contributed by atoms with Crippen LogP contribution in [0.25, 0.3) is 11.2 Å². The molecule has 5 N–H and O–H groups in total. The summed E-state index contributed by atoms with van der Waals surface area (Å²) in [5.41, 5.74) is 3.47. The van der Waals surface area contributed by atoms with Gasteiger partial charge in [0.2, 0.25) is 0 Å². The van der Waals surface area contributed by atoms with E-state index < -0.39 is 37.3 Å². The highest BCUT2D eigenvalue weighted by molar-refractivity contribution is 5.82. The zero-order valence-corrected chi connectivity index (χ0v) is 15.2. The predicted molar refractivity (Wildman–Crippen MR) is 93.6 cm³/mol. The van der Waals surface area contributed by atoms with E-state index in [0.29, 0.717) is 42.1 Å². The van der Waals surface area contributed by atoms with Crippen molar-refractivity contribution in [2.45, 2.75) is 56.8 Å². The van der Waals surface area contributed by atoms with Crippen molar-refractivity contribution >= 4 is 17.0 Å². The normalized spacial score (nSPS) is 26.6. The van der Waals surface area contributed by atoms with Crippen molar-refractivity contribution in [3.05, 3.63) is 12.2 Å². The highest BCUT2D eigenvalue weighted by Crippen LogP contribution is 2.32. The first-order valence-electron chi connectivity index (χ1n) is 8.79. The molecule has 0 spiro atoms. The summed E-state index contributed by atoms with van der Waals surface area (Å²) in [6.45, 7) is 1.30. The quantitative estimate of drug-likeness (QED) is 0.363. The first-order chi connectivity index (χ1) is 13.0. The lowest BCUT2D eigenvalue weighted by atomic mass is 10.1. The average Bonchev–Trinajstić information content (AvgIpc) is 3.17. The fraction of sp³-hybridized carbons (Fsp3) is 0.688. The number of imidazole rings is 1. The van der Waals surface area contributed by atoms with E-state index in [1.54, 1.807) is 6.92 Å². The molecule has 2 aromatic heterocycles. The third-order valence-electron chi connectivity index (χ3n) is 4.48. The van der Waals surface area contributed by atoms with E-state index in [2.05, 4.69) is 20.4 Å². The second kappa shape index (κ2) is 8.42. The number of fused-ring (bicyclic) bond motifs is 1. The standard InChI is InChI=1S/C16H25N5O6/c1-8(23)4-3-5-10-18-14(20-26-2)11-15(19-10)21(7-17-11)16-13(25)12(24)9(6-22)27-16/h7-9,12-13,16,22-25H,3-6H2,1-2H3,(H,18,19,20)/t8?,9-,12-,13-,16-/m1/s1. The first kappa shape index (κ1) is 19.9. The van der Waals surface area contributed by atoms with E-state index in [1.165, 1.54) is 18.0 Å². The van der Waals surface area contributed by atoms with Gasteiger partial charge in [0.15, 0.2) is 23.2 Å². The summed E-state index contributed by atoms with van der Waals surface area (Å²) < 4.78 is 7.07. The predicted octanol–water partition coefficient (Wildman–Crippen LogP) is -0.885. The summed E-state index contributed by atoms with van der Waals surface area (Å²) in [6, 6.07) is 0. The number of aromatic nitrogens is 4. The molecule has 27 heavy (non-hydrogen) atoms. The van der Waals surface area contributed by atoms with Crippen LogP contribution in [0.5, 0.6) is 0 Å². The Morgan fingerprint density at radius 3 is 2.74 bits per heavy atom. The fourth-order valence-corrected chi connectivity index (χ4v) is 3.09. The van der Waals surface area contributed by atoms with Gasteiger partial charge < -0.3 is 25.2 Å². The molecule has 11 nitrogen and oxygen atoms in total. The van der Waals surface area contributed by atoms with Crippen molar-refractivity contribution in [2.75, 3.05) is 19.2 Å². The Hall–Kier alpha value is -1.89. The van der Waals surface area contributed by atoms with Crippen LogP contribution in [-0.2, 0) is 16.0 Å². The Kier molecular flexibility index (Phi) is 6.19. The number of nitrogens with one attached hydrogen (secondary N) is 1. The number of aliphatic hydroxyl groups excluding tert-OH is 4. The highest BCUT2D eigenvalue weighted by atomic mass is 16.6. The molecule has 0 saturated carbocycles. The van der Waals surface area contributed by atoms with Gasteiger partial charge in [0.05, 0.1) is 26.1 Å². The lowest BCUT2D eigenvalue weighted by molar-refractivity contribution is -0.0511. The van der Waals surface area contributed by atoms with E-state index in [0.717, 1.165) is 0 Å². The van der Waals surface area contributed by atoms with Crippen LogP contribution in [0.15, 0.2) is 6.33 Å². The molecule has 0 amide bonds. The van der Waals surface area contributed by atoms with Crippen LogP contribution < -0.4 is 5.48 Å². The summed E-state index contributed by atoms with van der Waals surface area (Å²) in [5, 5.41) is 39.0. The van der Waals surface area contributed by atoms with Crippen LogP contribution in [0, 0.1) is 0 Å². The van der Waals surface area contributed by atoms with E-state index >= 15 is 0 Å². The van der Waals surface area contributed by atoms with Crippen LogP contribution in [-0.4, -0.2) is 78.1 Å². The minimum atomic E-state index is -1.24. The lowest BCUT2D eigenvalue weighted by Crippen LogP contribution is -2.33. The molecule has 0 aromatic carbocycles. The molecule has 3 heterocycles. The van der Waals surface area contributed by atoms with Gasteiger partial charge in [0, 0.05) is 6.42 Å². The summed E-state index contributed by atoms with van der Waals surface area (Å²) in [4.78, 5) is 18.1. The number of nitrogens with zero attached hydrogens (tertiary/aromatic N) is 4. The number of hydrogen-bond donors (Lipinski definition) is 5. The Morgan fingerprint density at radius 2 is 2.11 bits per heavy atom. The van der Waals surface area contributed by atoms with Crippen molar-refractivity contribution in [3.8, 4) is 0 Å². The van der Waals surface area contributed by atoms with Crippen LogP contribution in [0.3, 0.4) is 0 Å². The summed E-state index contributed by atoms with van der Waals surface area (Å²) in [6.07, 6.45) is -1.45. The SMILES string of the molecule is CONc1nc(CCCC(C)O)nc2c1ncn2[C@@H]1O[C@H](CO)[C@@H](O)[C@H]1O.